The molecule has 4 nitrogen and oxygen atoms in total. The summed E-state index contributed by atoms with van der Waals surface area (Å²) in [7, 11) is -3.63. The second-order valence-electron chi connectivity index (χ2n) is 6.15. The molecule has 0 spiro atoms. The fourth-order valence-corrected chi connectivity index (χ4v) is 3.79. The maximum Gasteiger partial charge on any atom is 0.238 e. The Balaban J connectivity index is 1.76. The van der Waals surface area contributed by atoms with Crippen LogP contribution in [0.5, 0.6) is 0 Å². The quantitative estimate of drug-likeness (QED) is 0.905. The summed E-state index contributed by atoms with van der Waals surface area (Å²) in [5, 5.41) is 8.81. The van der Waals surface area contributed by atoms with E-state index in [1.165, 1.54) is 17.5 Å². The molecule has 5 heteroatoms. The summed E-state index contributed by atoms with van der Waals surface area (Å²) in [6.07, 6.45) is 3.45. The topological polar surface area (TPSA) is 72.2 Å². The van der Waals surface area contributed by atoms with E-state index in [0.29, 0.717) is 6.04 Å². The maximum atomic E-state index is 11.3. The van der Waals surface area contributed by atoms with Crippen molar-refractivity contribution in [1.29, 1.82) is 0 Å². The number of hydrogen-bond donors (Lipinski definition) is 2. The Hall–Kier alpha value is -1.69. The van der Waals surface area contributed by atoms with Crippen molar-refractivity contribution in [3.63, 3.8) is 0 Å². The van der Waals surface area contributed by atoms with Crippen molar-refractivity contribution in [3.8, 4) is 0 Å². The zero-order valence-electron chi connectivity index (χ0n) is 13.2. The predicted molar refractivity (Wildman–Crippen MR) is 91.5 cm³/mol. The van der Waals surface area contributed by atoms with Crippen LogP contribution in [-0.4, -0.2) is 8.42 Å². The Bertz CT molecular complexity index is 785. The Morgan fingerprint density at radius 1 is 1.13 bits per heavy atom. The van der Waals surface area contributed by atoms with E-state index in [1.54, 1.807) is 12.1 Å². The molecule has 0 saturated carbocycles. The van der Waals surface area contributed by atoms with Crippen molar-refractivity contribution in [2.75, 3.05) is 0 Å². The monoisotopic (exact) mass is 330 g/mol. The third-order valence-electron chi connectivity index (χ3n) is 4.53. The molecule has 2 aromatic rings. The number of primary sulfonamides is 1. The van der Waals surface area contributed by atoms with Gasteiger partial charge >= 0.3 is 0 Å². The first-order valence-electron chi connectivity index (χ1n) is 7.92. The van der Waals surface area contributed by atoms with Crippen molar-refractivity contribution >= 4 is 10.0 Å². The van der Waals surface area contributed by atoms with Gasteiger partial charge in [0.15, 0.2) is 0 Å². The van der Waals surface area contributed by atoms with E-state index >= 15 is 0 Å². The molecule has 0 radical (unpaired) electrons. The minimum Gasteiger partial charge on any atom is -0.303 e. The molecule has 0 saturated heterocycles. The molecule has 2 unspecified atom stereocenters. The maximum absolute atomic E-state index is 11.3. The third-order valence-corrected chi connectivity index (χ3v) is 5.46. The molecule has 3 N–H and O–H groups in total. The predicted octanol–water partition coefficient (Wildman–Crippen LogP) is 3.06. The molecule has 0 aromatic heterocycles. The first-order valence-corrected chi connectivity index (χ1v) is 9.46. The van der Waals surface area contributed by atoms with Gasteiger partial charge in [-0.15, -0.1) is 0 Å². The normalized spacial score (nSPS) is 19.1. The summed E-state index contributed by atoms with van der Waals surface area (Å²) >= 11 is 0. The highest BCUT2D eigenvalue weighted by atomic mass is 32.2. The Kier molecular flexibility index (Phi) is 4.53. The number of fused-ring (bicyclic) bond motifs is 1. The van der Waals surface area contributed by atoms with Gasteiger partial charge in [-0.05, 0) is 55.0 Å². The SMILES string of the molecule is CC(NC1CCCc2ccccc21)c1ccc(S(N)(=O)=O)cc1. The minimum absolute atomic E-state index is 0.140. The largest absolute Gasteiger partial charge is 0.303 e. The van der Waals surface area contributed by atoms with Gasteiger partial charge in [-0.2, -0.15) is 0 Å². The summed E-state index contributed by atoms with van der Waals surface area (Å²) in [5.74, 6) is 0. The minimum atomic E-state index is -3.63. The van der Waals surface area contributed by atoms with Gasteiger partial charge in [-0.25, -0.2) is 13.6 Å². The van der Waals surface area contributed by atoms with Crippen LogP contribution in [0, 0.1) is 0 Å². The molecule has 1 aliphatic carbocycles. The van der Waals surface area contributed by atoms with Crippen molar-refractivity contribution in [2.24, 2.45) is 5.14 Å². The summed E-state index contributed by atoms with van der Waals surface area (Å²) < 4.78 is 22.7. The first kappa shape index (κ1) is 16.2. The number of rotatable bonds is 4. The highest BCUT2D eigenvalue weighted by molar-refractivity contribution is 7.89. The van der Waals surface area contributed by atoms with E-state index in [4.69, 9.17) is 5.14 Å². The summed E-state index contributed by atoms with van der Waals surface area (Å²) in [4.78, 5) is 0.150. The number of hydrogen-bond acceptors (Lipinski definition) is 3. The number of sulfonamides is 1. The van der Waals surface area contributed by atoms with Crippen LogP contribution in [0.1, 0.15) is 48.5 Å². The van der Waals surface area contributed by atoms with E-state index in [9.17, 15) is 8.42 Å². The second kappa shape index (κ2) is 6.43. The van der Waals surface area contributed by atoms with Crippen LogP contribution in [0.2, 0.25) is 0 Å². The Morgan fingerprint density at radius 2 is 1.83 bits per heavy atom. The van der Waals surface area contributed by atoms with E-state index < -0.39 is 10.0 Å². The molecule has 23 heavy (non-hydrogen) atoms. The number of nitrogens with one attached hydrogen (secondary N) is 1. The van der Waals surface area contributed by atoms with E-state index in [1.807, 2.05) is 12.1 Å². The highest BCUT2D eigenvalue weighted by Crippen LogP contribution is 2.31. The Morgan fingerprint density at radius 3 is 2.52 bits per heavy atom. The second-order valence-corrected chi connectivity index (χ2v) is 7.71. The molecule has 122 valence electrons. The molecule has 0 aliphatic heterocycles. The molecule has 2 aromatic carbocycles. The van der Waals surface area contributed by atoms with Gasteiger partial charge in [0.25, 0.3) is 0 Å². The summed E-state index contributed by atoms with van der Waals surface area (Å²) in [5.41, 5.74) is 3.86. The number of benzene rings is 2. The fraction of sp³-hybridized carbons (Fsp3) is 0.333. The van der Waals surface area contributed by atoms with Gasteiger partial charge in [0.05, 0.1) is 4.90 Å². The molecule has 0 amide bonds. The van der Waals surface area contributed by atoms with Crippen LogP contribution in [0.4, 0.5) is 0 Å². The van der Waals surface area contributed by atoms with Gasteiger partial charge in [0, 0.05) is 12.1 Å². The van der Waals surface area contributed by atoms with Gasteiger partial charge in [-0.3, -0.25) is 0 Å². The van der Waals surface area contributed by atoms with Gasteiger partial charge in [-0.1, -0.05) is 36.4 Å². The lowest BCUT2D eigenvalue weighted by Gasteiger charge is -2.29. The lowest BCUT2D eigenvalue weighted by Crippen LogP contribution is -2.27. The standard InChI is InChI=1S/C18H22N2O2S/c1-13(14-9-11-16(12-10-14)23(19,21)22)20-18-8-4-6-15-5-2-3-7-17(15)18/h2-3,5,7,9-13,18,20H,4,6,8H2,1H3,(H2,19,21,22). The summed E-state index contributed by atoms with van der Waals surface area (Å²) in [6.45, 7) is 2.10. The molecule has 0 heterocycles. The Labute approximate surface area is 137 Å². The van der Waals surface area contributed by atoms with Crippen LogP contribution in [0.25, 0.3) is 0 Å². The zero-order valence-corrected chi connectivity index (χ0v) is 14.0. The van der Waals surface area contributed by atoms with E-state index in [2.05, 4.69) is 36.5 Å². The molecule has 3 rings (SSSR count). The molecule has 1 aliphatic rings. The molecule has 0 fully saturated rings. The average molecular weight is 330 g/mol. The number of aryl methyl sites for hydroxylation is 1. The molecular formula is C18H22N2O2S. The van der Waals surface area contributed by atoms with Crippen molar-refractivity contribution < 1.29 is 8.42 Å². The van der Waals surface area contributed by atoms with E-state index in [0.717, 1.165) is 18.4 Å². The highest BCUT2D eigenvalue weighted by Gasteiger charge is 2.21. The van der Waals surface area contributed by atoms with Crippen molar-refractivity contribution in [3.05, 3.63) is 65.2 Å². The fourth-order valence-electron chi connectivity index (χ4n) is 3.27. The van der Waals surface area contributed by atoms with Crippen LogP contribution in [-0.2, 0) is 16.4 Å². The average Bonchev–Trinajstić information content (AvgIpc) is 2.54. The van der Waals surface area contributed by atoms with Crippen LogP contribution < -0.4 is 10.5 Å². The van der Waals surface area contributed by atoms with Crippen LogP contribution in [0.15, 0.2) is 53.4 Å². The van der Waals surface area contributed by atoms with Crippen molar-refractivity contribution in [1.82, 2.24) is 5.32 Å². The van der Waals surface area contributed by atoms with E-state index in [-0.39, 0.29) is 10.9 Å². The zero-order chi connectivity index (χ0) is 16.4. The van der Waals surface area contributed by atoms with Crippen LogP contribution >= 0.6 is 0 Å². The molecule has 2 atom stereocenters. The van der Waals surface area contributed by atoms with Gasteiger partial charge in [0.2, 0.25) is 10.0 Å². The summed E-state index contributed by atoms with van der Waals surface area (Å²) in [6, 6.07) is 15.8. The van der Waals surface area contributed by atoms with Crippen molar-refractivity contribution in [2.45, 2.75) is 43.2 Å². The lowest BCUT2D eigenvalue weighted by atomic mass is 9.87. The number of nitrogens with two attached hydrogens (primary N) is 1. The lowest BCUT2D eigenvalue weighted by molar-refractivity contribution is 0.415. The van der Waals surface area contributed by atoms with Crippen LogP contribution in [0.3, 0.4) is 0 Å². The van der Waals surface area contributed by atoms with Gasteiger partial charge < -0.3 is 5.32 Å². The first-order chi connectivity index (χ1) is 10.9. The molecular weight excluding hydrogens is 308 g/mol. The molecule has 0 bridgehead atoms. The van der Waals surface area contributed by atoms with Gasteiger partial charge in [0.1, 0.15) is 0 Å². The smallest absolute Gasteiger partial charge is 0.238 e. The third kappa shape index (κ3) is 3.63.